The molecule has 6 heteroatoms. The molecule has 17 heavy (non-hydrogen) atoms. The summed E-state index contributed by atoms with van der Waals surface area (Å²) in [5.74, 6) is 0.326. The van der Waals surface area contributed by atoms with Crippen LogP contribution in [0.1, 0.15) is 6.92 Å². The fourth-order valence-electron chi connectivity index (χ4n) is 1.41. The molecule has 0 radical (unpaired) electrons. The molecule has 1 rings (SSSR count). The predicted molar refractivity (Wildman–Crippen MR) is 76.2 cm³/mol. The standard InChI is InChI=1S/C11H17BrN2O2S/c1-3-17(15,16)7-6-14(2)11-5-4-9(12)8-10(11)13/h4-5,8H,3,6-7,13H2,1-2H3. The second-order valence-corrected chi connectivity index (χ2v) is 7.25. The summed E-state index contributed by atoms with van der Waals surface area (Å²) < 4.78 is 23.7. The lowest BCUT2D eigenvalue weighted by molar-refractivity contribution is 0.596. The van der Waals surface area contributed by atoms with E-state index in [1.54, 1.807) is 13.0 Å². The average molecular weight is 321 g/mol. The van der Waals surface area contributed by atoms with E-state index >= 15 is 0 Å². The molecule has 96 valence electrons. The first kappa shape index (κ1) is 14.3. The van der Waals surface area contributed by atoms with E-state index in [9.17, 15) is 8.42 Å². The summed E-state index contributed by atoms with van der Waals surface area (Å²) in [5.41, 5.74) is 7.35. The lowest BCUT2D eigenvalue weighted by atomic mass is 10.2. The zero-order chi connectivity index (χ0) is 13.1. The number of rotatable bonds is 5. The smallest absolute Gasteiger partial charge is 0.151 e. The first-order chi connectivity index (χ1) is 7.85. The van der Waals surface area contributed by atoms with Crippen LogP contribution in [-0.2, 0) is 9.84 Å². The Morgan fingerprint density at radius 2 is 2.06 bits per heavy atom. The summed E-state index contributed by atoms with van der Waals surface area (Å²) in [7, 11) is -1.10. The molecule has 0 atom stereocenters. The highest BCUT2D eigenvalue weighted by atomic mass is 79.9. The zero-order valence-electron chi connectivity index (χ0n) is 9.98. The molecule has 0 aliphatic rings. The van der Waals surface area contributed by atoms with Gasteiger partial charge in [-0.25, -0.2) is 8.42 Å². The van der Waals surface area contributed by atoms with E-state index in [4.69, 9.17) is 5.73 Å². The lowest BCUT2D eigenvalue weighted by Crippen LogP contribution is -2.26. The van der Waals surface area contributed by atoms with Crippen LogP contribution in [0, 0.1) is 0 Å². The van der Waals surface area contributed by atoms with Gasteiger partial charge in [-0.15, -0.1) is 0 Å². The van der Waals surface area contributed by atoms with Gasteiger partial charge < -0.3 is 10.6 Å². The first-order valence-corrected chi connectivity index (χ1v) is 7.93. The molecule has 0 saturated heterocycles. The van der Waals surface area contributed by atoms with Crippen LogP contribution < -0.4 is 10.6 Å². The topological polar surface area (TPSA) is 63.4 Å². The molecule has 0 unspecified atom stereocenters. The number of benzene rings is 1. The molecule has 0 bridgehead atoms. The number of nitrogens with zero attached hydrogens (tertiary/aromatic N) is 1. The lowest BCUT2D eigenvalue weighted by Gasteiger charge is -2.21. The third-order valence-corrected chi connectivity index (χ3v) is 4.76. The molecule has 2 N–H and O–H groups in total. The maximum Gasteiger partial charge on any atom is 0.151 e. The van der Waals surface area contributed by atoms with Crippen LogP contribution in [0.25, 0.3) is 0 Å². The van der Waals surface area contributed by atoms with Gasteiger partial charge in [0, 0.05) is 23.8 Å². The second kappa shape index (κ2) is 5.73. The summed E-state index contributed by atoms with van der Waals surface area (Å²) in [6.45, 7) is 2.10. The average Bonchev–Trinajstić information content (AvgIpc) is 2.26. The quantitative estimate of drug-likeness (QED) is 0.842. The van der Waals surface area contributed by atoms with Crippen molar-refractivity contribution in [1.29, 1.82) is 0 Å². The maximum absolute atomic E-state index is 11.4. The fraction of sp³-hybridized carbons (Fsp3) is 0.455. The molecule has 0 aliphatic heterocycles. The molecule has 0 fully saturated rings. The van der Waals surface area contributed by atoms with Gasteiger partial charge in [-0.2, -0.15) is 0 Å². The molecule has 0 heterocycles. The molecule has 0 amide bonds. The normalized spacial score (nSPS) is 11.5. The van der Waals surface area contributed by atoms with Gasteiger partial charge >= 0.3 is 0 Å². The molecular weight excluding hydrogens is 304 g/mol. The molecule has 0 spiro atoms. The number of sulfone groups is 1. The monoisotopic (exact) mass is 320 g/mol. The van der Waals surface area contributed by atoms with Crippen molar-refractivity contribution in [2.75, 3.05) is 35.7 Å². The van der Waals surface area contributed by atoms with E-state index in [2.05, 4.69) is 15.9 Å². The van der Waals surface area contributed by atoms with Gasteiger partial charge in [0.05, 0.1) is 17.1 Å². The summed E-state index contributed by atoms with van der Waals surface area (Å²) in [4.78, 5) is 1.86. The largest absolute Gasteiger partial charge is 0.397 e. The van der Waals surface area contributed by atoms with E-state index in [0.29, 0.717) is 12.2 Å². The van der Waals surface area contributed by atoms with E-state index in [-0.39, 0.29) is 11.5 Å². The predicted octanol–water partition coefficient (Wildman–Crippen LogP) is 1.90. The van der Waals surface area contributed by atoms with Crippen molar-refractivity contribution in [3.05, 3.63) is 22.7 Å². The minimum Gasteiger partial charge on any atom is -0.397 e. The van der Waals surface area contributed by atoms with Crippen molar-refractivity contribution < 1.29 is 8.42 Å². The Morgan fingerprint density at radius 3 is 2.59 bits per heavy atom. The van der Waals surface area contributed by atoms with Crippen LogP contribution in [0.15, 0.2) is 22.7 Å². The number of hydrogen-bond acceptors (Lipinski definition) is 4. The van der Waals surface area contributed by atoms with E-state index < -0.39 is 9.84 Å². The SMILES string of the molecule is CCS(=O)(=O)CCN(C)c1ccc(Br)cc1N. The summed E-state index contributed by atoms with van der Waals surface area (Å²) in [6, 6.07) is 5.56. The van der Waals surface area contributed by atoms with E-state index in [1.165, 1.54) is 0 Å². The molecule has 0 aromatic heterocycles. The van der Waals surface area contributed by atoms with Gasteiger partial charge in [0.1, 0.15) is 0 Å². The summed E-state index contributed by atoms with van der Waals surface area (Å²) in [6.07, 6.45) is 0. The molecule has 0 aliphatic carbocycles. The molecule has 4 nitrogen and oxygen atoms in total. The molecule has 1 aromatic rings. The van der Waals surface area contributed by atoms with Gasteiger partial charge in [-0.1, -0.05) is 22.9 Å². The van der Waals surface area contributed by atoms with Gasteiger partial charge in [-0.05, 0) is 18.2 Å². The number of hydrogen-bond donors (Lipinski definition) is 1. The minimum atomic E-state index is -2.94. The first-order valence-electron chi connectivity index (χ1n) is 5.32. The second-order valence-electron chi connectivity index (χ2n) is 3.86. The highest BCUT2D eigenvalue weighted by Crippen LogP contribution is 2.25. The van der Waals surface area contributed by atoms with E-state index in [0.717, 1.165) is 10.2 Å². The fourth-order valence-corrected chi connectivity index (χ4v) is 2.63. The van der Waals surface area contributed by atoms with Crippen LogP contribution in [0.5, 0.6) is 0 Å². The van der Waals surface area contributed by atoms with Crippen molar-refractivity contribution in [1.82, 2.24) is 0 Å². The summed E-state index contributed by atoms with van der Waals surface area (Å²) >= 11 is 3.33. The van der Waals surface area contributed by atoms with Crippen molar-refractivity contribution in [3.63, 3.8) is 0 Å². The number of nitrogen functional groups attached to an aromatic ring is 1. The van der Waals surface area contributed by atoms with Crippen LogP contribution in [0.4, 0.5) is 11.4 Å². The Hall–Kier alpha value is -0.750. The number of anilines is 2. The Balaban J connectivity index is 2.74. The van der Waals surface area contributed by atoms with Gasteiger partial charge in [0.2, 0.25) is 0 Å². The van der Waals surface area contributed by atoms with Crippen LogP contribution in [-0.4, -0.2) is 33.5 Å². The maximum atomic E-state index is 11.4. The van der Waals surface area contributed by atoms with Crippen LogP contribution >= 0.6 is 15.9 Å². The van der Waals surface area contributed by atoms with Crippen LogP contribution in [0.2, 0.25) is 0 Å². The number of nitrogens with two attached hydrogens (primary N) is 1. The Kier molecular flexibility index (Phi) is 4.82. The van der Waals surface area contributed by atoms with Gasteiger partial charge in [0.25, 0.3) is 0 Å². The van der Waals surface area contributed by atoms with Crippen molar-refractivity contribution in [2.45, 2.75) is 6.92 Å². The zero-order valence-corrected chi connectivity index (χ0v) is 12.4. The molecular formula is C11H17BrN2O2S. The van der Waals surface area contributed by atoms with Crippen molar-refractivity contribution in [3.8, 4) is 0 Å². The number of halogens is 1. The Bertz CT molecular complexity index is 488. The van der Waals surface area contributed by atoms with E-state index in [1.807, 2.05) is 24.1 Å². The third-order valence-electron chi connectivity index (χ3n) is 2.58. The minimum absolute atomic E-state index is 0.148. The Labute approximate surface area is 111 Å². The van der Waals surface area contributed by atoms with Crippen molar-refractivity contribution >= 4 is 37.1 Å². The molecule has 0 saturated carbocycles. The third kappa shape index (κ3) is 4.20. The van der Waals surface area contributed by atoms with Crippen molar-refractivity contribution in [2.24, 2.45) is 0 Å². The van der Waals surface area contributed by atoms with Gasteiger partial charge in [0.15, 0.2) is 9.84 Å². The van der Waals surface area contributed by atoms with Crippen LogP contribution in [0.3, 0.4) is 0 Å². The molecule has 1 aromatic carbocycles. The highest BCUT2D eigenvalue weighted by Gasteiger charge is 2.11. The summed E-state index contributed by atoms with van der Waals surface area (Å²) in [5, 5.41) is 0. The van der Waals surface area contributed by atoms with Gasteiger partial charge in [-0.3, -0.25) is 0 Å². The highest BCUT2D eigenvalue weighted by molar-refractivity contribution is 9.10. The Morgan fingerprint density at radius 1 is 1.41 bits per heavy atom.